The smallest absolute Gasteiger partial charge is 0.151 e. The number of hydrogen-bond acceptors (Lipinski definition) is 5. The summed E-state index contributed by atoms with van der Waals surface area (Å²) in [5.41, 5.74) is 1.11. The molecule has 3 aromatic rings. The van der Waals surface area contributed by atoms with Crippen LogP contribution in [0, 0.1) is 0 Å². The standard InChI is InChI=1S/C20H22N4O/c1-2-6-16(7-3-1)19-11-10-18(25-19)14-21-17-8-5-13-24(15-17)20-9-4-12-22-23-20/h1-4,6-7,9-12,17,21H,5,8,13-15H2. The van der Waals surface area contributed by atoms with Crippen molar-refractivity contribution in [3.05, 3.63) is 66.6 Å². The molecule has 1 unspecified atom stereocenters. The van der Waals surface area contributed by atoms with Gasteiger partial charge in [0.05, 0.1) is 6.54 Å². The quantitative estimate of drug-likeness (QED) is 0.774. The van der Waals surface area contributed by atoms with Crippen molar-refractivity contribution in [2.45, 2.75) is 25.4 Å². The Balaban J connectivity index is 1.35. The van der Waals surface area contributed by atoms with Crippen molar-refractivity contribution in [2.24, 2.45) is 0 Å². The molecule has 0 bridgehead atoms. The maximum Gasteiger partial charge on any atom is 0.151 e. The second-order valence-corrected chi connectivity index (χ2v) is 6.38. The van der Waals surface area contributed by atoms with Crippen LogP contribution in [0.1, 0.15) is 18.6 Å². The highest BCUT2D eigenvalue weighted by molar-refractivity contribution is 5.57. The largest absolute Gasteiger partial charge is 0.460 e. The zero-order valence-corrected chi connectivity index (χ0v) is 14.1. The molecule has 1 saturated heterocycles. The highest BCUT2D eigenvalue weighted by atomic mass is 16.3. The van der Waals surface area contributed by atoms with E-state index in [0.29, 0.717) is 6.04 Å². The van der Waals surface area contributed by atoms with Crippen LogP contribution in [0.2, 0.25) is 0 Å². The minimum absolute atomic E-state index is 0.432. The van der Waals surface area contributed by atoms with E-state index in [2.05, 4.69) is 38.6 Å². The molecule has 1 atom stereocenters. The van der Waals surface area contributed by atoms with Crippen molar-refractivity contribution < 1.29 is 4.42 Å². The van der Waals surface area contributed by atoms with Crippen molar-refractivity contribution in [2.75, 3.05) is 18.0 Å². The van der Waals surface area contributed by atoms with Crippen LogP contribution in [0.25, 0.3) is 11.3 Å². The van der Waals surface area contributed by atoms with Crippen LogP contribution in [0.4, 0.5) is 5.82 Å². The van der Waals surface area contributed by atoms with E-state index >= 15 is 0 Å². The average Bonchev–Trinajstić information content (AvgIpc) is 3.17. The Kier molecular flexibility index (Phi) is 4.74. The fourth-order valence-electron chi connectivity index (χ4n) is 3.29. The van der Waals surface area contributed by atoms with Crippen LogP contribution in [0.5, 0.6) is 0 Å². The molecule has 3 heterocycles. The molecule has 5 nitrogen and oxygen atoms in total. The third kappa shape index (κ3) is 3.88. The van der Waals surface area contributed by atoms with Gasteiger partial charge in [-0.2, -0.15) is 5.10 Å². The fourth-order valence-corrected chi connectivity index (χ4v) is 3.29. The van der Waals surface area contributed by atoms with Crippen LogP contribution in [-0.4, -0.2) is 29.3 Å². The molecule has 0 amide bonds. The molecule has 0 radical (unpaired) electrons. The Morgan fingerprint density at radius 2 is 2.00 bits per heavy atom. The predicted molar refractivity (Wildman–Crippen MR) is 98.3 cm³/mol. The number of furan rings is 1. The fraction of sp³-hybridized carbons (Fsp3) is 0.300. The van der Waals surface area contributed by atoms with E-state index in [1.54, 1.807) is 6.20 Å². The van der Waals surface area contributed by atoms with Gasteiger partial charge in [0.2, 0.25) is 0 Å². The lowest BCUT2D eigenvalue weighted by Gasteiger charge is -2.33. The van der Waals surface area contributed by atoms with E-state index in [1.807, 2.05) is 36.4 Å². The number of benzene rings is 1. The first-order chi connectivity index (χ1) is 12.4. The Bertz CT molecular complexity index is 788. The van der Waals surface area contributed by atoms with E-state index < -0.39 is 0 Å². The molecule has 1 aliphatic rings. The second-order valence-electron chi connectivity index (χ2n) is 6.38. The highest BCUT2D eigenvalue weighted by Crippen LogP contribution is 2.22. The van der Waals surface area contributed by atoms with Gasteiger partial charge in [0, 0.05) is 30.9 Å². The topological polar surface area (TPSA) is 54.2 Å². The molecule has 5 heteroatoms. The number of piperidine rings is 1. The van der Waals surface area contributed by atoms with Crippen molar-refractivity contribution in [1.82, 2.24) is 15.5 Å². The minimum atomic E-state index is 0.432. The molecule has 25 heavy (non-hydrogen) atoms. The molecular weight excluding hydrogens is 312 g/mol. The van der Waals surface area contributed by atoms with Gasteiger partial charge < -0.3 is 14.6 Å². The monoisotopic (exact) mass is 334 g/mol. The molecule has 0 spiro atoms. The number of anilines is 1. The van der Waals surface area contributed by atoms with Gasteiger partial charge in [0.25, 0.3) is 0 Å². The van der Waals surface area contributed by atoms with Gasteiger partial charge >= 0.3 is 0 Å². The van der Waals surface area contributed by atoms with Gasteiger partial charge in [-0.3, -0.25) is 0 Å². The summed E-state index contributed by atoms with van der Waals surface area (Å²) in [4.78, 5) is 2.30. The maximum absolute atomic E-state index is 5.97. The predicted octanol–water partition coefficient (Wildman–Crippen LogP) is 3.50. The Hall–Kier alpha value is -2.66. The molecule has 2 aromatic heterocycles. The molecule has 0 aliphatic carbocycles. The molecule has 128 valence electrons. The molecule has 1 aliphatic heterocycles. The van der Waals surface area contributed by atoms with Crippen LogP contribution >= 0.6 is 0 Å². The van der Waals surface area contributed by atoms with Crippen molar-refractivity contribution >= 4 is 5.82 Å². The van der Waals surface area contributed by atoms with Gasteiger partial charge in [-0.1, -0.05) is 30.3 Å². The van der Waals surface area contributed by atoms with E-state index in [1.165, 1.54) is 6.42 Å². The first kappa shape index (κ1) is 15.8. The zero-order chi connectivity index (χ0) is 16.9. The molecular formula is C20H22N4O. The summed E-state index contributed by atoms with van der Waals surface area (Å²) in [5, 5.41) is 11.8. The lowest BCUT2D eigenvalue weighted by Crippen LogP contribution is -2.45. The van der Waals surface area contributed by atoms with Crippen LogP contribution < -0.4 is 10.2 Å². The lowest BCUT2D eigenvalue weighted by atomic mass is 10.1. The van der Waals surface area contributed by atoms with Gasteiger partial charge in [-0.15, -0.1) is 5.10 Å². The van der Waals surface area contributed by atoms with E-state index in [0.717, 1.165) is 49.0 Å². The summed E-state index contributed by atoms with van der Waals surface area (Å²) < 4.78 is 5.97. The van der Waals surface area contributed by atoms with Gasteiger partial charge in [-0.25, -0.2) is 0 Å². The second kappa shape index (κ2) is 7.49. The Morgan fingerprint density at radius 1 is 1.08 bits per heavy atom. The SMILES string of the molecule is c1ccc(-c2ccc(CNC3CCCN(c4cccnn4)C3)o2)cc1. The third-order valence-corrected chi connectivity index (χ3v) is 4.59. The Morgan fingerprint density at radius 3 is 2.84 bits per heavy atom. The number of nitrogens with one attached hydrogen (secondary N) is 1. The molecule has 0 saturated carbocycles. The number of aromatic nitrogens is 2. The van der Waals surface area contributed by atoms with Crippen LogP contribution in [0.3, 0.4) is 0 Å². The van der Waals surface area contributed by atoms with Crippen molar-refractivity contribution in [3.8, 4) is 11.3 Å². The maximum atomic E-state index is 5.97. The molecule has 1 N–H and O–H groups in total. The van der Waals surface area contributed by atoms with E-state index in [9.17, 15) is 0 Å². The first-order valence-corrected chi connectivity index (χ1v) is 8.79. The van der Waals surface area contributed by atoms with E-state index in [-0.39, 0.29) is 0 Å². The summed E-state index contributed by atoms with van der Waals surface area (Å²) in [6, 6.07) is 18.7. The summed E-state index contributed by atoms with van der Waals surface area (Å²) in [5.74, 6) is 2.84. The minimum Gasteiger partial charge on any atom is -0.460 e. The molecule has 1 aromatic carbocycles. The van der Waals surface area contributed by atoms with Crippen LogP contribution in [0.15, 0.2) is 65.2 Å². The van der Waals surface area contributed by atoms with E-state index in [4.69, 9.17) is 4.42 Å². The summed E-state index contributed by atoms with van der Waals surface area (Å²) in [6.45, 7) is 2.73. The first-order valence-electron chi connectivity index (χ1n) is 8.79. The molecule has 4 rings (SSSR count). The number of hydrogen-bond donors (Lipinski definition) is 1. The summed E-state index contributed by atoms with van der Waals surface area (Å²) in [6.07, 6.45) is 4.04. The lowest BCUT2D eigenvalue weighted by molar-refractivity contribution is 0.396. The Labute approximate surface area is 147 Å². The average molecular weight is 334 g/mol. The normalized spacial score (nSPS) is 17.6. The highest BCUT2D eigenvalue weighted by Gasteiger charge is 2.21. The van der Waals surface area contributed by atoms with Crippen LogP contribution in [-0.2, 0) is 6.54 Å². The van der Waals surface area contributed by atoms with Gasteiger partial charge in [0.15, 0.2) is 5.82 Å². The summed E-state index contributed by atoms with van der Waals surface area (Å²) in [7, 11) is 0. The zero-order valence-electron chi connectivity index (χ0n) is 14.1. The third-order valence-electron chi connectivity index (χ3n) is 4.59. The molecule has 1 fully saturated rings. The van der Waals surface area contributed by atoms with Gasteiger partial charge in [-0.05, 0) is 37.1 Å². The number of nitrogens with zero attached hydrogens (tertiary/aromatic N) is 3. The van der Waals surface area contributed by atoms with Crippen molar-refractivity contribution in [3.63, 3.8) is 0 Å². The van der Waals surface area contributed by atoms with Crippen molar-refractivity contribution in [1.29, 1.82) is 0 Å². The number of rotatable bonds is 5. The van der Waals surface area contributed by atoms with Gasteiger partial charge in [0.1, 0.15) is 11.5 Å². The summed E-state index contributed by atoms with van der Waals surface area (Å²) >= 11 is 0.